The van der Waals surface area contributed by atoms with Crippen LogP contribution in [0.2, 0.25) is 0 Å². The van der Waals surface area contributed by atoms with E-state index in [9.17, 15) is 9.59 Å². The molecule has 6 rings (SSSR count). The van der Waals surface area contributed by atoms with Crippen LogP contribution in [0.25, 0.3) is 11.0 Å². The van der Waals surface area contributed by atoms with Gasteiger partial charge in [-0.25, -0.2) is 4.98 Å². The van der Waals surface area contributed by atoms with E-state index in [0.717, 1.165) is 66.7 Å². The minimum absolute atomic E-state index is 0.0236. The van der Waals surface area contributed by atoms with E-state index < -0.39 is 0 Å². The monoisotopic (exact) mass is 444 g/mol. The molecule has 3 aromatic rings. The van der Waals surface area contributed by atoms with Crippen LogP contribution in [0.5, 0.6) is 0 Å². The molecule has 3 aromatic heterocycles. The maximum atomic E-state index is 12.2. The number of aromatic amines is 1. The van der Waals surface area contributed by atoms with Crippen LogP contribution in [0.3, 0.4) is 0 Å². The molecule has 3 fully saturated rings. The van der Waals surface area contributed by atoms with Gasteiger partial charge in [0.2, 0.25) is 0 Å². The van der Waals surface area contributed by atoms with Gasteiger partial charge in [0.05, 0.1) is 22.9 Å². The molecule has 1 saturated heterocycles. The number of hydrogen-bond donors (Lipinski definition) is 2. The highest BCUT2D eigenvalue weighted by Crippen LogP contribution is 2.40. The van der Waals surface area contributed by atoms with Crippen molar-refractivity contribution in [1.82, 2.24) is 25.2 Å². The summed E-state index contributed by atoms with van der Waals surface area (Å²) in [5.74, 6) is -0.0746. The maximum Gasteiger partial charge on any atom is 0.270 e. The van der Waals surface area contributed by atoms with Crippen LogP contribution in [0.4, 0.5) is 5.69 Å². The number of aromatic nitrogens is 3. The molecule has 8 nitrogen and oxygen atoms in total. The molecule has 0 radical (unpaired) electrons. The Hall–Kier alpha value is -3.26. The van der Waals surface area contributed by atoms with Crippen molar-refractivity contribution in [3.63, 3.8) is 0 Å². The third-order valence-electron chi connectivity index (χ3n) is 7.04. The first kappa shape index (κ1) is 20.4. The van der Waals surface area contributed by atoms with Crippen LogP contribution in [0.1, 0.15) is 47.8 Å². The summed E-state index contributed by atoms with van der Waals surface area (Å²) < 4.78 is 0. The number of anilines is 1. The molecule has 2 N–H and O–H groups in total. The van der Waals surface area contributed by atoms with Crippen LogP contribution in [0.15, 0.2) is 41.5 Å². The number of piperazine rings is 1. The first-order valence-electron chi connectivity index (χ1n) is 11.9. The minimum Gasteiger partial charge on any atom is -0.364 e. The summed E-state index contributed by atoms with van der Waals surface area (Å²) in [5.41, 5.74) is 5.08. The molecule has 0 bridgehead atoms. The second kappa shape index (κ2) is 7.95. The van der Waals surface area contributed by atoms with Crippen molar-refractivity contribution >= 4 is 22.6 Å². The van der Waals surface area contributed by atoms with Crippen molar-refractivity contribution in [2.45, 2.75) is 57.3 Å². The van der Waals surface area contributed by atoms with Crippen molar-refractivity contribution in [3.05, 3.63) is 63.8 Å². The summed E-state index contributed by atoms with van der Waals surface area (Å²) in [6, 6.07) is 9.13. The normalized spacial score (nSPS) is 22.3. The molecule has 2 saturated carbocycles. The number of fused-ring (bicyclic) bond motifs is 2. The number of amides is 1. The molecule has 33 heavy (non-hydrogen) atoms. The smallest absolute Gasteiger partial charge is 0.270 e. The number of hydrogen-bond acceptors (Lipinski definition) is 6. The van der Waals surface area contributed by atoms with Crippen molar-refractivity contribution in [1.29, 1.82) is 0 Å². The van der Waals surface area contributed by atoms with Crippen molar-refractivity contribution < 1.29 is 4.79 Å². The quantitative estimate of drug-likeness (QED) is 0.606. The standard InChI is InChI=1S/C25H28N6O2/c1-2-16-10-20-21(29-24(16)32)9-15(12-26-20)14-30-7-8-31(23-11-22(23)30)18-5-6-19(27-13-18)25(33)28-17-3-4-17/h5-6,9-10,12-13,17,22-23H,2-4,7-8,11,14H2,1H3,(H,28,33)(H,29,32)/t22-,23+/m0/s1. The number of rotatable bonds is 6. The van der Waals surface area contributed by atoms with Gasteiger partial charge in [0.15, 0.2) is 0 Å². The van der Waals surface area contributed by atoms with Gasteiger partial charge in [-0.3, -0.25) is 19.5 Å². The first-order chi connectivity index (χ1) is 16.1. The number of carbonyl (C=O) groups is 1. The van der Waals surface area contributed by atoms with Crippen molar-refractivity contribution in [2.24, 2.45) is 0 Å². The molecule has 170 valence electrons. The van der Waals surface area contributed by atoms with E-state index in [1.54, 1.807) is 0 Å². The lowest BCUT2D eigenvalue weighted by Crippen LogP contribution is -2.46. The molecule has 3 aliphatic rings. The number of carbonyl (C=O) groups excluding carboxylic acids is 1. The summed E-state index contributed by atoms with van der Waals surface area (Å²) in [6.07, 6.45) is 7.74. The Morgan fingerprint density at radius 2 is 2.03 bits per heavy atom. The molecule has 1 aliphatic heterocycles. The summed E-state index contributed by atoms with van der Waals surface area (Å²) in [5, 5.41) is 2.99. The maximum absolute atomic E-state index is 12.2. The first-order valence-corrected chi connectivity index (χ1v) is 11.9. The highest BCUT2D eigenvalue weighted by Gasteiger charge is 2.48. The fourth-order valence-electron chi connectivity index (χ4n) is 4.91. The summed E-state index contributed by atoms with van der Waals surface area (Å²) in [7, 11) is 0. The SMILES string of the molecule is CCc1cc2ncc(CN3CCN(c4ccc(C(=O)NC5CC5)nc4)[C@@H]4C[C@@H]43)cc2[nH]c1=O. The van der Waals surface area contributed by atoms with Gasteiger partial charge in [-0.1, -0.05) is 6.92 Å². The predicted octanol–water partition coefficient (Wildman–Crippen LogP) is 2.24. The molecule has 4 heterocycles. The molecule has 1 amide bonds. The average Bonchev–Trinajstić information content (AvgIpc) is 3.74. The highest BCUT2D eigenvalue weighted by atomic mass is 16.2. The largest absolute Gasteiger partial charge is 0.364 e. The zero-order valence-electron chi connectivity index (χ0n) is 18.8. The lowest BCUT2D eigenvalue weighted by atomic mass is 10.1. The predicted molar refractivity (Wildman–Crippen MR) is 126 cm³/mol. The molecule has 0 aromatic carbocycles. The van der Waals surface area contributed by atoms with Crippen LogP contribution < -0.4 is 15.8 Å². The van der Waals surface area contributed by atoms with Crippen molar-refractivity contribution in [2.75, 3.05) is 18.0 Å². The minimum atomic E-state index is -0.0746. The number of aryl methyl sites for hydroxylation is 1. The van der Waals surface area contributed by atoms with Crippen LogP contribution in [-0.4, -0.2) is 57.0 Å². The summed E-state index contributed by atoms with van der Waals surface area (Å²) >= 11 is 0. The summed E-state index contributed by atoms with van der Waals surface area (Å²) in [6.45, 7) is 4.68. The van der Waals surface area contributed by atoms with Gasteiger partial charge in [-0.05, 0) is 55.5 Å². The van der Waals surface area contributed by atoms with Crippen molar-refractivity contribution in [3.8, 4) is 0 Å². The van der Waals surface area contributed by atoms with Gasteiger partial charge < -0.3 is 15.2 Å². The average molecular weight is 445 g/mol. The highest BCUT2D eigenvalue weighted by molar-refractivity contribution is 5.92. The number of nitrogens with zero attached hydrogens (tertiary/aromatic N) is 4. The van der Waals surface area contributed by atoms with E-state index in [-0.39, 0.29) is 11.5 Å². The van der Waals surface area contributed by atoms with Gasteiger partial charge in [0.1, 0.15) is 5.69 Å². The molecule has 2 atom stereocenters. The second-order valence-corrected chi connectivity index (χ2v) is 9.44. The molecule has 0 spiro atoms. The van der Waals surface area contributed by atoms with E-state index in [0.29, 0.717) is 30.2 Å². The topological polar surface area (TPSA) is 94.2 Å². The third kappa shape index (κ3) is 3.99. The van der Waals surface area contributed by atoms with E-state index in [2.05, 4.69) is 36.1 Å². The zero-order chi connectivity index (χ0) is 22.5. The Labute approximate surface area is 192 Å². The van der Waals surface area contributed by atoms with Crippen LogP contribution in [0, 0.1) is 0 Å². The molecular formula is C25H28N6O2. The van der Waals surface area contributed by atoms with E-state index in [1.165, 1.54) is 0 Å². The van der Waals surface area contributed by atoms with Gasteiger partial charge in [0.25, 0.3) is 11.5 Å². The van der Waals surface area contributed by atoms with Crippen LogP contribution in [-0.2, 0) is 13.0 Å². The van der Waals surface area contributed by atoms with Gasteiger partial charge in [-0.15, -0.1) is 0 Å². The second-order valence-electron chi connectivity index (χ2n) is 9.44. The number of H-pyrrole nitrogens is 1. The fraction of sp³-hybridized carbons (Fsp3) is 0.440. The number of pyridine rings is 3. The fourth-order valence-corrected chi connectivity index (χ4v) is 4.91. The summed E-state index contributed by atoms with van der Waals surface area (Å²) in [4.78, 5) is 41.3. The molecule has 0 unspecified atom stereocenters. The third-order valence-corrected chi connectivity index (χ3v) is 7.04. The Bertz CT molecular complexity index is 1270. The van der Waals surface area contributed by atoms with Gasteiger partial charge in [-0.2, -0.15) is 0 Å². The van der Waals surface area contributed by atoms with Gasteiger partial charge >= 0.3 is 0 Å². The molecule has 8 heteroatoms. The van der Waals surface area contributed by atoms with Gasteiger partial charge in [0, 0.05) is 49.5 Å². The van der Waals surface area contributed by atoms with E-state index in [1.807, 2.05) is 37.5 Å². The van der Waals surface area contributed by atoms with Crippen LogP contribution >= 0.6 is 0 Å². The Morgan fingerprint density at radius 1 is 1.15 bits per heavy atom. The Morgan fingerprint density at radius 3 is 2.79 bits per heavy atom. The lowest BCUT2D eigenvalue weighted by Gasteiger charge is -2.35. The Balaban J connectivity index is 1.11. The lowest BCUT2D eigenvalue weighted by molar-refractivity contribution is 0.0946. The van der Waals surface area contributed by atoms with E-state index >= 15 is 0 Å². The van der Waals surface area contributed by atoms with E-state index in [4.69, 9.17) is 0 Å². The zero-order valence-corrected chi connectivity index (χ0v) is 18.8. The molecule has 2 aliphatic carbocycles. The Kier molecular flexibility index (Phi) is 4.90. The number of nitrogens with one attached hydrogen (secondary N) is 2. The molecular weight excluding hydrogens is 416 g/mol.